The summed E-state index contributed by atoms with van der Waals surface area (Å²) in [6.07, 6.45) is 1.29. The van der Waals surface area contributed by atoms with E-state index in [0.717, 1.165) is 17.4 Å². The maximum Gasteiger partial charge on any atom is 0.223 e. The first-order chi connectivity index (χ1) is 7.63. The number of hydrogen-bond donors (Lipinski definition) is 0. The number of carbonyl (C=O) groups is 1. The summed E-state index contributed by atoms with van der Waals surface area (Å²) in [5.41, 5.74) is 1.23. The summed E-state index contributed by atoms with van der Waals surface area (Å²) >= 11 is 8.91. The van der Waals surface area contributed by atoms with E-state index >= 15 is 0 Å². The Morgan fingerprint density at radius 3 is 2.56 bits per heavy atom. The first-order valence-electron chi connectivity index (χ1n) is 5.18. The van der Waals surface area contributed by atoms with Gasteiger partial charge in [-0.15, -0.1) is 11.6 Å². The summed E-state index contributed by atoms with van der Waals surface area (Å²) in [6, 6.07) is 8.14. The minimum atomic E-state index is 0.104. The minimum absolute atomic E-state index is 0.104. The van der Waals surface area contributed by atoms with Crippen molar-refractivity contribution in [3.63, 3.8) is 0 Å². The molecule has 2 nitrogen and oxygen atoms in total. The second-order valence-electron chi connectivity index (χ2n) is 3.63. The predicted molar refractivity (Wildman–Crippen MR) is 70.8 cm³/mol. The van der Waals surface area contributed by atoms with E-state index in [1.165, 1.54) is 5.56 Å². The Labute approximate surface area is 110 Å². The van der Waals surface area contributed by atoms with Crippen LogP contribution in [-0.4, -0.2) is 30.3 Å². The number of benzene rings is 1. The Bertz CT molecular complexity index is 339. The molecule has 0 spiro atoms. The Morgan fingerprint density at radius 1 is 1.38 bits per heavy atom. The second-order valence-corrected chi connectivity index (χ2v) is 4.92. The van der Waals surface area contributed by atoms with Crippen molar-refractivity contribution in [2.45, 2.75) is 12.8 Å². The summed E-state index contributed by atoms with van der Waals surface area (Å²) in [7, 11) is 1.81. The average molecular weight is 305 g/mol. The van der Waals surface area contributed by atoms with Gasteiger partial charge in [-0.05, 0) is 24.1 Å². The van der Waals surface area contributed by atoms with Gasteiger partial charge in [-0.3, -0.25) is 4.79 Å². The average Bonchev–Trinajstić information content (AvgIpc) is 2.28. The van der Waals surface area contributed by atoms with Gasteiger partial charge < -0.3 is 4.90 Å². The molecule has 0 saturated heterocycles. The van der Waals surface area contributed by atoms with E-state index in [1.807, 2.05) is 19.2 Å². The molecule has 88 valence electrons. The summed E-state index contributed by atoms with van der Waals surface area (Å²) in [5, 5.41) is 0. The van der Waals surface area contributed by atoms with E-state index in [0.29, 0.717) is 12.3 Å². The second kappa shape index (κ2) is 6.92. The highest BCUT2D eigenvalue weighted by Crippen LogP contribution is 2.11. The number of amides is 1. The molecule has 0 bridgehead atoms. The smallest absolute Gasteiger partial charge is 0.223 e. The quantitative estimate of drug-likeness (QED) is 0.766. The number of likely N-dealkylation sites (N-methyl/N-ethyl adjacent to an activating group) is 1. The standard InChI is InChI=1S/C12H15BrClNO/c1-15(12(16)6-8-14)9-7-10-2-4-11(13)5-3-10/h2-5H,6-9H2,1H3. The van der Waals surface area contributed by atoms with Crippen LogP contribution in [-0.2, 0) is 11.2 Å². The van der Waals surface area contributed by atoms with Crippen LogP contribution in [0.15, 0.2) is 28.7 Å². The Kier molecular flexibility index (Phi) is 5.85. The lowest BCUT2D eigenvalue weighted by Gasteiger charge is -2.16. The Hall–Kier alpha value is -0.540. The van der Waals surface area contributed by atoms with E-state index < -0.39 is 0 Å². The van der Waals surface area contributed by atoms with Crippen LogP contribution in [0.4, 0.5) is 0 Å². The van der Waals surface area contributed by atoms with Crippen LogP contribution in [0.1, 0.15) is 12.0 Å². The van der Waals surface area contributed by atoms with Crippen molar-refractivity contribution in [1.82, 2.24) is 4.90 Å². The van der Waals surface area contributed by atoms with Crippen molar-refractivity contribution in [3.05, 3.63) is 34.3 Å². The zero-order valence-corrected chi connectivity index (χ0v) is 11.6. The van der Waals surface area contributed by atoms with E-state index in [-0.39, 0.29) is 5.91 Å². The molecule has 1 rings (SSSR count). The van der Waals surface area contributed by atoms with Crippen LogP contribution in [0.5, 0.6) is 0 Å². The summed E-state index contributed by atoms with van der Waals surface area (Å²) < 4.78 is 1.07. The zero-order valence-electron chi connectivity index (χ0n) is 9.25. The normalized spacial score (nSPS) is 10.2. The third-order valence-corrected chi connectivity index (χ3v) is 3.10. The molecule has 0 aliphatic heterocycles. The lowest BCUT2D eigenvalue weighted by molar-refractivity contribution is -0.129. The number of halogens is 2. The van der Waals surface area contributed by atoms with Crippen molar-refractivity contribution in [2.24, 2.45) is 0 Å². The molecule has 0 saturated carbocycles. The third-order valence-electron chi connectivity index (χ3n) is 2.38. The highest BCUT2D eigenvalue weighted by atomic mass is 79.9. The molecule has 16 heavy (non-hydrogen) atoms. The van der Waals surface area contributed by atoms with Crippen molar-refractivity contribution in [1.29, 1.82) is 0 Å². The van der Waals surface area contributed by atoms with E-state index in [9.17, 15) is 4.79 Å². The number of rotatable bonds is 5. The fraction of sp³-hybridized carbons (Fsp3) is 0.417. The summed E-state index contributed by atoms with van der Waals surface area (Å²) in [6.45, 7) is 0.733. The van der Waals surface area contributed by atoms with Gasteiger partial charge in [0.1, 0.15) is 0 Å². The predicted octanol–water partition coefficient (Wildman–Crippen LogP) is 3.08. The van der Waals surface area contributed by atoms with Crippen molar-refractivity contribution in [3.8, 4) is 0 Å². The van der Waals surface area contributed by atoms with Crippen LogP contribution >= 0.6 is 27.5 Å². The van der Waals surface area contributed by atoms with Gasteiger partial charge >= 0.3 is 0 Å². The number of carbonyl (C=O) groups excluding carboxylic acids is 1. The maximum absolute atomic E-state index is 11.5. The number of hydrogen-bond acceptors (Lipinski definition) is 1. The Balaban J connectivity index is 2.39. The fourth-order valence-corrected chi connectivity index (χ4v) is 1.77. The van der Waals surface area contributed by atoms with Crippen LogP contribution in [0.2, 0.25) is 0 Å². The highest BCUT2D eigenvalue weighted by Gasteiger charge is 2.07. The van der Waals surface area contributed by atoms with Crippen molar-refractivity contribution >= 4 is 33.4 Å². The highest BCUT2D eigenvalue weighted by molar-refractivity contribution is 9.10. The molecular formula is C12H15BrClNO. The molecule has 0 atom stereocenters. The van der Waals surface area contributed by atoms with Crippen LogP contribution in [0.3, 0.4) is 0 Å². The van der Waals surface area contributed by atoms with E-state index in [1.54, 1.807) is 4.90 Å². The van der Waals surface area contributed by atoms with E-state index in [4.69, 9.17) is 11.6 Å². The van der Waals surface area contributed by atoms with E-state index in [2.05, 4.69) is 28.1 Å². The van der Waals surface area contributed by atoms with Crippen molar-refractivity contribution < 1.29 is 4.79 Å². The molecule has 0 unspecified atom stereocenters. The first kappa shape index (κ1) is 13.5. The maximum atomic E-state index is 11.5. The summed E-state index contributed by atoms with van der Waals surface area (Å²) in [5.74, 6) is 0.494. The third kappa shape index (κ3) is 4.54. The molecule has 0 N–H and O–H groups in total. The monoisotopic (exact) mass is 303 g/mol. The van der Waals surface area contributed by atoms with Gasteiger partial charge in [0, 0.05) is 30.4 Å². The Morgan fingerprint density at radius 2 is 2.00 bits per heavy atom. The molecule has 1 amide bonds. The molecule has 0 radical (unpaired) electrons. The molecule has 1 aromatic rings. The van der Waals surface area contributed by atoms with Gasteiger partial charge in [0.15, 0.2) is 0 Å². The van der Waals surface area contributed by atoms with Crippen LogP contribution in [0, 0.1) is 0 Å². The van der Waals surface area contributed by atoms with Gasteiger partial charge in [0.25, 0.3) is 0 Å². The molecule has 0 aromatic heterocycles. The number of nitrogens with zero attached hydrogens (tertiary/aromatic N) is 1. The summed E-state index contributed by atoms with van der Waals surface area (Å²) in [4.78, 5) is 13.2. The lowest BCUT2D eigenvalue weighted by Crippen LogP contribution is -2.28. The molecule has 0 aliphatic rings. The van der Waals surface area contributed by atoms with Crippen molar-refractivity contribution in [2.75, 3.05) is 19.5 Å². The zero-order chi connectivity index (χ0) is 12.0. The molecule has 0 fully saturated rings. The van der Waals surface area contributed by atoms with Gasteiger partial charge in [-0.2, -0.15) is 0 Å². The largest absolute Gasteiger partial charge is 0.345 e. The van der Waals surface area contributed by atoms with Crippen LogP contribution < -0.4 is 0 Å². The molecular weight excluding hydrogens is 289 g/mol. The van der Waals surface area contributed by atoms with Gasteiger partial charge in [-0.1, -0.05) is 28.1 Å². The first-order valence-corrected chi connectivity index (χ1v) is 6.50. The molecule has 1 aromatic carbocycles. The minimum Gasteiger partial charge on any atom is -0.345 e. The van der Waals surface area contributed by atoms with Gasteiger partial charge in [-0.25, -0.2) is 0 Å². The fourth-order valence-electron chi connectivity index (χ4n) is 1.34. The lowest BCUT2D eigenvalue weighted by atomic mass is 10.1. The van der Waals surface area contributed by atoms with Gasteiger partial charge in [0.05, 0.1) is 0 Å². The SMILES string of the molecule is CN(CCc1ccc(Br)cc1)C(=O)CCCl. The van der Waals surface area contributed by atoms with Gasteiger partial charge in [0.2, 0.25) is 5.91 Å². The van der Waals surface area contributed by atoms with Crippen LogP contribution in [0.25, 0.3) is 0 Å². The topological polar surface area (TPSA) is 20.3 Å². The molecule has 4 heteroatoms. The molecule has 0 heterocycles. The number of alkyl halides is 1. The molecule has 0 aliphatic carbocycles.